The summed E-state index contributed by atoms with van der Waals surface area (Å²) in [7, 11) is 0. The maximum atomic E-state index is 13.8. The van der Waals surface area contributed by atoms with E-state index < -0.39 is 22.9 Å². The van der Waals surface area contributed by atoms with E-state index in [9.17, 15) is 19.1 Å². The van der Waals surface area contributed by atoms with Crippen LogP contribution in [0.5, 0.6) is 5.88 Å². The SMILES string of the molecule is CC(=Nc1ccccc1F)c1c(O)n(C2CCCCC2)c(=O)[nH]c1=O. The Morgan fingerprint density at radius 1 is 1.24 bits per heavy atom. The predicted octanol–water partition coefficient (Wildman–Crippen LogP) is 3.03. The van der Waals surface area contributed by atoms with Gasteiger partial charge in [-0.1, -0.05) is 31.4 Å². The lowest BCUT2D eigenvalue weighted by atomic mass is 9.95. The molecule has 0 saturated heterocycles. The van der Waals surface area contributed by atoms with Crippen LogP contribution in [0.4, 0.5) is 10.1 Å². The third kappa shape index (κ3) is 3.40. The number of aliphatic imine (C=N–C) groups is 1. The van der Waals surface area contributed by atoms with Crippen LogP contribution < -0.4 is 11.2 Å². The molecule has 3 rings (SSSR count). The van der Waals surface area contributed by atoms with Gasteiger partial charge < -0.3 is 5.11 Å². The first-order valence-electron chi connectivity index (χ1n) is 8.37. The molecule has 132 valence electrons. The zero-order valence-corrected chi connectivity index (χ0v) is 14.0. The lowest BCUT2D eigenvalue weighted by Gasteiger charge is -2.25. The van der Waals surface area contributed by atoms with Crippen LogP contribution in [-0.4, -0.2) is 20.4 Å². The van der Waals surface area contributed by atoms with Gasteiger partial charge in [-0.15, -0.1) is 0 Å². The maximum absolute atomic E-state index is 13.8. The van der Waals surface area contributed by atoms with Gasteiger partial charge in [0.05, 0.1) is 11.4 Å². The van der Waals surface area contributed by atoms with Gasteiger partial charge in [0.25, 0.3) is 5.56 Å². The minimum absolute atomic E-state index is 0.0641. The normalized spacial score (nSPS) is 16.2. The van der Waals surface area contributed by atoms with Gasteiger partial charge in [-0.2, -0.15) is 0 Å². The molecule has 25 heavy (non-hydrogen) atoms. The topological polar surface area (TPSA) is 87.4 Å². The summed E-state index contributed by atoms with van der Waals surface area (Å²) in [5, 5.41) is 10.6. The summed E-state index contributed by atoms with van der Waals surface area (Å²) < 4.78 is 15.0. The Hall–Kier alpha value is -2.70. The van der Waals surface area contributed by atoms with Crippen molar-refractivity contribution in [1.29, 1.82) is 0 Å². The Kier molecular flexibility index (Phi) is 4.83. The zero-order valence-electron chi connectivity index (χ0n) is 14.0. The van der Waals surface area contributed by atoms with Gasteiger partial charge in [0.1, 0.15) is 11.4 Å². The van der Waals surface area contributed by atoms with Crippen molar-refractivity contribution in [2.24, 2.45) is 4.99 Å². The molecule has 0 unspecified atom stereocenters. The molecule has 1 aliphatic rings. The highest BCUT2D eigenvalue weighted by molar-refractivity contribution is 6.01. The average Bonchev–Trinajstić information content (AvgIpc) is 2.57. The summed E-state index contributed by atoms with van der Waals surface area (Å²) in [5.41, 5.74) is -1.25. The van der Waals surface area contributed by atoms with Crippen molar-refractivity contribution in [3.05, 3.63) is 56.5 Å². The van der Waals surface area contributed by atoms with E-state index in [-0.39, 0.29) is 23.0 Å². The third-order valence-corrected chi connectivity index (χ3v) is 4.56. The smallest absolute Gasteiger partial charge is 0.331 e. The van der Waals surface area contributed by atoms with E-state index in [1.54, 1.807) is 6.07 Å². The Morgan fingerprint density at radius 2 is 1.92 bits per heavy atom. The number of nitrogens with zero attached hydrogens (tertiary/aromatic N) is 2. The van der Waals surface area contributed by atoms with Crippen LogP contribution >= 0.6 is 0 Å². The first-order chi connectivity index (χ1) is 12.0. The van der Waals surface area contributed by atoms with Gasteiger partial charge >= 0.3 is 5.69 Å². The molecule has 1 aliphatic carbocycles. The monoisotopic (exact) mass is 345 g/mol. The number of aromatic nitrogens is 2. The highest BCUT2D eigenvalue weighted by Gasteiger charge is 2.24. The van der Waals surface area contributed by atoms with Crippen LogP contribution in [0.25, 0.3) is 0 Å². The molecule has 6 nitrogen and oxygen atoms in total. The number of halogens is 1. The summed E-state index contributed by atoms with van der Waals surface area (Å²) in [6.07, 6.45) is 4.56. The lowest BCUT2D eigenvalue weighted by Crippen LogP contribution is -2.36. The number of rotatable bonds is 3. The molecule has 0 radical (unpaired) electrons. The molecule has 0 spiro atoms. The summed E-state index contributed by atoms with van der Waals surface area (Å²) in [6, 6.07) is 5.75. The van der Waals surface area contributed by atoms with Crippen LogP contribution in [0.2, 0.25) is 0 Å². The molecule has 0 aliphatic heterocycles. The van der Waals surface area contributed by atoms with Gasteiger partial charge in [0.15, 0.2) is 0 Å². The summed E-state index contributed by atoms with van der Waals surface area (Å²) >= 11 is 0. The van der Waals surface area contributed by atoms with Gasteiger partial charge in [0, 0.05) is 6.04 Å². The molecule has 1 heterocycles. The van der Waals surface area contributed by atoms with Crippen molar-refractivity contribution in [2.45, 2.75) is 45.1 Å². The minimum Gasteiger partial charge on any atom is -0.494 e. The van der Waals surface area contributed by atoms with Crippen molar-refractivity contribution in [3.63, 3.8) is 0 Å². The molecule has 1 saturated carbocycles. The number of para-hydroxylation sites is 1. The Morgan fingerprint density at radius 3 is 2.60 bits per heavy atom. The van der Waals surface area contributed by atoms with Gasteiger partial charge in [-0.05, 0) is 31.9 Å². The number of hydrogen-bond donors (Lipinski definition) is 2. The maximum Gasteiger partial charge on any atom is 0.331 e. The molecule has 7 heteroatoms. The minimum atomic E-state index is -0.729. The van der Waals surface area contributed by atoms with E-state index in [1.165, 1.54) is 29.7 Å². The first-order valence-corrected chi connectivity index (χ1v) is 8.37. The van der Waals surface area contributed by atoms with Crippen LogP contribution in [-0.2, 0) is 0 Å². The molecule has 1 aromatic carbocycles. The van der Waals surface area contributed by atoms with Gasteiger partial charge in [-0.3, -0.25) is 14.3 Å². The fraction of sp³-hybridized carbons (Fsp3) is 0.389. The summed E-state index contributed by atoms with van der Waals surface area (Å²) in [6.45, 7) is 1.51. The summed E-state index contributed by atoms with van der Waals surface area (Å²) in [4.78, 5) is 30.8. The molecule has 1 aromatic heterocycles. The average molecular weight is 345 g/mol. The fourth-order valence-corrected chi connectivity index (χ4v) is 3.32. The zero-order chi connectivity index (χ0) is 18.0. The first kappa shape index (κ1) is 17.1. The van der Waals surface area contributed by atoms with E-state index in [0.29, 0.717) is 0 Å². The van der Waals surface area contributed by atoms with E-state index in [0.717, 1.165) is 32.1 Å². The molecule has 2 aromatic rings. The van der Waals surface area contributed by atoms with Crippen molar-refractivity contribution in [3.8, 4) is 5.88 Å². The van der Waals surface area contributed by atoms with Crippen LogP contribution in [0.3, 0.4) is 0 Å². The second-order valence-corrected chi connectivity index (χ2v) is 6.27. The summed E-state index contributed by atoms with van der Waals surface area (Å²) in [5.74, 6) is -0.934. The largest absolute Gasteiger partial charge is 0.494 e. The number of hydrogen-bond acceptors (Lipinski definition) is 4. The fourth-order valence-electron chi connectivity index (χ4n) is 3.32. The number of H-pyrrole nitrogens is 1. The molecule has 1 fully saturated rings. The van der Waals surface area contributed by atoms with E-state index in [4.69, 9.17) is 0 Å². The van der Waals surface area contributed by atoms with Gasteiger partial charge in [-0.25, -0.2) is 14.2 Å². The molecule has 0 amide bonds. The van der Waals surface area contributed by atoms with Gasteiger partial charge in [0.2, 0.25) is 5.88 Å². The standard InChI is InChI=1S/C18H20FN3O3/c1-11(20-14-10-6-5-9-13(14)19)15-16(23)21-18(25)22(17(15)24)12-7-3-2-4-8-12/h5-6,9-10,12,24H,2-4,7-8H2,1H3,(H,21,23,25). The molecular weight excluding hydrogens is 325 g/mol. The quantitative estimate of drug-likeness (QED) is 0.838. The Labute approximate surface area is 143 Å². The van der Waals surface area contributed by atoms with Crippen molar-refractivity contribution >= 4 is 11.4 Å². The number of aromatic amines is 1. The van der Waals surface area contributed by atoms with Crippen LogP contribution in [0.1, 0.15) is 50.6 Å². The molecule has 0 atom stereocenters. The van der Waals surface area contributed by atoms with E-state index in [2.05, 4.69) is 9.98 Å². The highest BCUT2D eigenvalue weighted by atomic mass is 19.1. The van der Waals surface area contributed by atoms with Crippen molar-refractivity contribution < 1.29 is 9.50 Å². The number of nitrogens with one attached hydrogen (secondary N) is 1. The van der Waals surface area contributed by atoms with Crippen molar-refractivity contribution in [2.75, 3.05) is 0 Å². The van der Waals surface area contributed by atoms with Crippen LogP contribution in [0.15, 0.2) is 38.8 Å². The van der Waals surface area contributed by atoms with Crippen molar-refractivity contribution in [1.82, 2.24) is 9.55 Å². The third-order valence-electron chi connectivity index (χ3n) is 4.56. The predicted molar refractivity (Wildman–Crippen MR) is 93.4 cm³/mol. The highest BCUT2D eigenvalue weighted by Crippen LogP contribution is 2.30. The molecular formula is C18H20FN3O3. The lowest BCUT2D eigenvalue weighted by molar-refractivity contribution is 0.298. The molecule has 0 bridgehead atoms. The number of aromatic hydroxyl groups is 1. The second kappa shape index (κ2) is 7.04. The van der Waals surface area contributed by atoms with Crippen LogP contribution in [0, 0.1) is 5.82 Å². The number of benzene rings is 1. The second-order valence-electron chi connectivity index (χ2n) is 6.27. The molecule has 2 N–H and O–H groups in total. The Balaban J connectivity index is 2.11. The van der Waals surface area contributed by atoms with E-state index in [1.807, 2.05) is 0 Å². The van der Waals surface area contributed by atoms with E-state index >= 15 is 0 Å². The Bertz CT molecular complexity index is 924.